The van der Waals surface area contributed by atoms with Gasteiger partial charge in [-0.15, -0.1) is 0 Å². The summed E-state index contributed by atoms with van der Waals surface area (Å²) in [7, 11) is 0. The predicted octanol–water partition coefficient (Wildman–Crippen LogP) is 1.66. The van der Waals surface area contributed by atoms with Crippen molar-refractivity contribution in [3.63, 3.8) is 0 Å². The minimum atomic E-state index is -0.950. The van der Waals surface area contributed by atoms with Gasteiger partial charge in [-0.2, -0.15) is 5.26 Å². The minimum Gasteiger partial charge on any atom is -0.377 e. The van der Waals surface area contributed by atoms with Crippen LogP contribution in [0.3, 0.4) is 0 Å². The maximum absolute atomic E-state index is 10.1. The Morgan fingerprint density at radius 3 is 2.73 bits per heavy atom. The maximum atomic E-state index is 10.1. The molecule has 6 heteroatoms. The van der Waals surface area contributed by atoms with Crippen LogP contribution < -0.4 is 10.2 Å². The fraction of sp³-hybridized carbons (Fsp3) is 0.500. The van der Waals surface area contributed by atoms with E-state index in [-0.39, 0.29) is 11.5 Å². The van der Waals surface area contributed by atoms with Gasteiger partial charge in [0.05, 0.1) is 29.1 Å². The number of nitriles is 1. The second-order valence-electron chi connectivity index (χ2n) is 5.91. The van der Waals surface area contributed by atoms with Crippen LogP contribution >= 0.6 is 12.2 Å². The lowest BCUT2D eigenvalue weighted by molar-refractivity contribution is -0.0864. The van der Waals surface area contributed by atoms with Crippen molar-refractivity contribution < 1.29 is 9.84 Å². The van der Waals surface area contributed by atoms with Crippen molar-refractivity contribution in [2.75, 3.05) is 18.0 Å². The Balaban J connectivity index is 1.67. The number of aliphatic hydroxyl groups excluding tert-OH is 1. The molecule has 0 aromatic heterocycles. The summed E-state index contributed by atoms with van der Waals surface area (Å²) in [5.74, 6) is 0. The molecule has 1 saturated heterocycles. The molecule has 1 heterocycles. The summed E-state index contributed by atoms with van der Waals surface area (Å²) in [4.78, 5) is 2.52. The molecule has 2 fully saturated rings. The Morgan fingerprint density at radius 2 is 2.18 bits per heavy atom. The number of thiocarbonyl (C=S) groups is 1. The van der Waals surface area contributed by atoms with Gasteiger partial charge in [-0.05, 0) is 37.5 Å². The van der Waals surface area contributed by atoms with Crippen LogP contribution in [0.2, 0.25) is 0 Å². The molecule has 1 aromatic rings. The molecule has 0 bridgehead atoms. The third-order valence-electron chi connectivity index (χ3n) is 4.28. The lowest BCUT2D eigenvalue weighted by Gasteiger charge is -2.21. The molecule has 2 atom stereocenters. The highest BCUT2D eigenvalue weighted by atomic mass is 32.1. The molecule has 2 aliphatic rings. The summed E-state index contributed by atoms with van der Waals surface area (Å²) < 4.78 is 5.52. The smallest absolute Gasteiger partial charge is 0.238 e. The number of anilines is 1. The van der Waals surface area contributed by atoms with Crippen LogP contribution in [-0.4, -0.2) is 35.7 Å². The molecule has 22 heavy (non-hydrogen) atoms. The van der Waals surface area contributed by atoms with Crippen molar-refractivity contribution >= 4 is 22.9 Å². The van der Waals surface area contributed by atoms with Crippen LogP contribution in [0.1, 0.15) is 25.3 Å². The molecule has 1 aromatic carbocycles. The number of hydrogen-bond donors (Lipinski definition) is 2. The average Bonchev–Trinajstić information content (AvgIpc) is 3.23. The summed E-state index contributed by atoms with van der Waals surface area (Å²) in [6.07, 6.45) is 0.807. The van der Waals surface area contributed by atoms with E-state index in [0.717, 1.165) is 24.1 Å². The Bertz CT molecular complexity index is 607. The normalized spacial score (nSPS) is 25.6. The highest BCUT2D eigenvalue weighted by molar-refractivity contribution is 7.80. The van der Waals surface area contributed by atoms with Crippen LogP contribution in [0.25, 0.3) is 0 Å². The van der Waals surface area contributed by atoms with E-state index in [1.165, 1.54) is 0 Å². The lowest BCUT2D eigenvalue weighted by atomic mass is 9.97. The van der Waals surface area contributed by atoms with Crippen LogP contribution in [0.15, 0.2) is 24.3 Å². The van der Waals surface area contributed by atoms with Crippen molar-refractivity contribution in [2.45, 2.75) is 37.7 Å². The van der Waals surface area contributed by atoms with E-state index in [2.05, 4.69) is 11.4 Å². The second kappa shape index (κ2) is 5.84. The first-order valence-electron chi connectivity index (χ1n) is 7.40. The Morgan fingerprint density at radius 1 is 1.50 bits per heavy atom. The van der Waals surface area contributed by atoms with Gasteiger partial charge in [0.2, 0.25) is 6.41 Å². The first-order valence-corrected chi connectivity index (χ1v) is 7.81. The van der Waals surface area contributed by atoms with Crippen LogP contribution in [0, 0.1) is 11.3 Å². The van der Waals surface area contributed by atoms with Gasteiger partial charge in [0, 0.05) is 12.2 Å². The van der Waals surface area contributed by atoms with Gasteiger partial charge in [0.1, 0.15) is 0 Å². The van der Waals surface area contributed by atoms with E-state index in [1.807, 2.05) is 31.2 Å². The zero-order chi connectivity index (χ0) is 15.7. The van der Waals surface area contributed by atoms with Crippen LogP contribution in [0.5, 0.6) is 0 Å². The number of hydrogen-bond acceptors (Lipinski definition) is 5. The summed E-state index contributed by atoms with van der Waals surface area (Å²) in [6, 6.07) is 10.2. The first-order chi connectivity index (χ1) is 10.5. The monoisotopic (exact) mass is 317 g/mol. The zero-order valence-corrected chi connectivity index (χ0v) is 13.3. The molecule has 1 unspecified atom stereocenters. The van der Waals surface area contributed by atoms with Crippen molar-refractivity contribution in [1.82, 2.24) is 5.32 Å². The molecule has 116 valence electrons. The zero-order valence-electron chi connectivity index (χ0n) is 12.5. The molecule has 5 nitrogen and oxygen atoms in total. The number of rotatable bonds is 4. The van der Waals surface area contributed by atoms with Gasteiger partial charge in [0.25, 0.3) is 0 Å². The van der Waals surface area contributed by atoms with Crippen molar-refractivity contribution in [3.05, 3.63) is 29.8 Å². The molecule has 3 rings (SSSR count). The predicted molar refractivity (Wildman–Crippen MR) is 87.5 cm³/mol. The summed E-state index contributed by atoms with van der Waals surface area (Å²) in [5.41, 5.74) is 1.68. The summed E-state index contributed by atoms with van der Waals surface area (Å²) >= 11 is 4.98. The molecule has 0 radical (unpaired) electrons. The average molecular weight is 317 g/mol. The third-order valence-corrected chi connectivity index (χ3v) is 4.42. The van der Waals surface area contributed by atoms with E-state index >= 15 is 0 Å². The third kappa shape index (κ3) is 2.93. The molecule has 1 aliphatic carbocycles. The number of aliphatic hydroxyl groups is 1. The SMILES string of the molecule is CC(=S)NC[C@H]1CN(c2ccc(C3(C#N)CC3)cc2)C(O)O1. The number of nitrogens with zero attached hydrogens (tertiary/aromatic N) is 2. The van der Waals surface area contributed by atoms with Gasteiger partial charge in [-0.1, -0.05) is 24.4 Å². The summed E-state index contributed by atoms with van der Waals surface area (Å²) in [6.45, 7) is 3.00. The summed E-state index contributed by atoms with van der Waals surface area (Å²) in [5, 5.41) is 22.3. The van der Waals surface area contributed by atoms with Crippen LogP contribution in [-0.2, 0) is 10.2 Å². The molecular weight excluding hydrogens is 298 g/mol. The first kappa shape index (κ1) is 15.2. The fourth-order valence-electron chi connectivity index (χ4n) is 2.76. The molecule has 0 spiro atoms. The quantitative estimate of drug-likeness (QED) is 0.823. The van der Waals surface area contributed by atoms with E-state index in [0.29, 0.717) is 18.1 Å². The van der Waals surface area contributed by atoms with Gasteiger partial charge in [-0.25, -0.2) is 0 Å². The standard InChI is InChI=1S/C16H19N3O2S/c1-11(22)18-8-14-9-19(15(20)21-14)13-4-2-12(3-5-13)16(10-17)6-7-16/h2-5,14-15,20H,6-9H2,1H3,(H,18,22)/t14-,15?/m0/s1. The Hall–Kier alpha value is -1.68. The second-order valence-corrected chi connectivity index (χ2v) is 6.53. The fourth-order valence-corrected chi connectivity index (χ4v) is 2.85. The van der Waals surface area contributed by atoms with Crippen molar-refractivity contribution in [1.29, 1.82) is 5.26 Å². The Labute approximate surface area is 135 Å². The van der Waals surface area contributed by atoms with Crippen LogP contribution in [0.4, 0.5) is 5.69 Å². The largest absolute Gasteiger partial charge is 0.377 e. The van der Waals surface area contributed by atoms with E-state index < -0.39 is 6.41 Å². The van der Waals surface area contributed by atoms with E-state index in [9.17, 15) is 10.4 Å². The van der Waals surface area contributed by atoms with Gasteiger partial charge in [0.15, 0.2) is 0 Å². The Kier molecular flexibility index (Phi) is 4.04. The maximum Gasteiger partial charge on any atom is 0.238 e. The molecular formula is C16H19N3O2S. The van der Waals surface area contributed by atoms with Gasteiger partial charge >= 0.3 is 0 Å². The number of benzene rings is 1. The number of nitrogens with one attached hydrogen (secondary N) is 1. The molecule has 0 amide bonds. The minimum absolute atomic E-state index is 0.110. The lowest BCUT2D eigenvalue weighted by Crippen LogP contribution is -2.32. The van der Waals surface area contributed by atoms with E-state index in [4.69, 9.17) is 17.0 Å². The van der Waals surface area contributed by atoms with Gasteiger partial charge < -0.3 is 20.1 Å². The molecule has 1 saturated carbocycles. The van der Waals surface area contributed by atoms with E-state index in [1.54, 1.807) is 4.90 Å². The van der Waals surface area contributed by atoms with Crippen molar-refractivity contribution in [2.24, 2.45) is 0 Å². The molecule has 2 N–H and O–H groups in total. The highest BCUT2D eigenvalue weighted by Gasteiger charge is 2.44. The topological polar surface area (TPSA) is 68.5 Å². The highest BCUT2D eigenvalue weighted by Crippen LogP contribution is 2.47. The van der Waals surface area contributed by atoms with Crippen molar-refractivity contribution in [3.8, 4) is 6.07 Å². The van der Waals surface area contributed by atoms with Gasteiger partial charge in [-0.3, -0.25) is 0 Å². The molecule has 1 aliphatic heterocycles. The number of ether oxygens (including phenoxy) is 1.